The molecule has 2 N–H and O–H groups in total. The van der Waals surface area contributed by atoms with Gasteiger partial charge in [0.15, 0.2) is 0 Å². The van der Waals surface area contributed by atoms with Crippen LogP contribution in [0.25, 0.3) is 0 Å². The predicted molar refractivity (Wildman–Crippen MR) is 83.4 cm³/mol. The van der Waals surface area contributed by atoms with Crippen LogP contribution in [0.3, 0.4) is 0 Å². The predicted octanol–water partition coefficient (Wildman–Crippen LogP) is 3.98. The molecule has 2 heteroatoms. The van der Waals surface area contributed by atoms with Crippen molar-refractivity contribution in [2.45, 2.75) is 77.9 Å². The van der Waals surface area contributed by atoms with Crippen LogP contribution in [0.4, 0.5) is 0 Å². The summed E-state index contributed by atoms with van der Waals surface area (Å²) in [4.78, 5) is 0. The van der Waals surface area contributed by atoms with Gasteiger partial charge in [0.1, 0.15) is 0 Å². The van der Waals surface area contributed by atoms with Gasteiger partial charge < -0.3 is 10.5 Å². The van der Waals surface area contributed by atoms with Gasteiger partial charge in [-0.05, 0) is 81.0 Å². The molecule has 4 aliphatic carbocycles. The standard InChI is InChI=1S/C18H33NO/c1-12(2)4-13(3)20-11-17(19)18-8-14-5-15(9-18)7-16(6-14)10-18/h12-17H,4-11,19H2,1-3H3. The van der Waals surface area contributed by atoms with E-state index in [9.17, 15) is 0 Å². The van der Waals surface area contributed by atoms with E-state index in [0.717, 1.165) is 30.8 Å². The smallest absolute Gasteiger partial charge is 0.0626 e. The van der Waals surface area contributed by atoms with Crippen LogP contribution >= 0.6 is 0 Å². The molecule has 2 unspecified atom stereocenters. The zero-order chi connectivity index (χ0) is 14.3. The third kappa shape index (κ3) is 2.92. The van der Waals surface area contributed by atoms with Crippen LogP contribution in [0.2, 0.25) is 0 Å². The lowest BCUT2D eigenvalue weighted by Crippen LogP contribution is -2.56. The Morgan fingerprint density at radius 3 is 1.95 bits per heavy atom. The molecule has 0 saturated heterocycles. The quantitative estimate of drug-likeness (QED) is 0.798. The largest absolute Gasteiger partial charge is 0.377 e. The maximum Gasteiger partial charge on any atom is 0.0626 e. The SMILES string of the molecule is CC(C)CC(C)OCC(N)C12CC3CC(CC(C3)C1)C2. The molecule has 0 aromatic carbocycles. The molecule has 0 radical (unpaired) electrons. The number of hydrogen-bond donors (Lipinski definition) is 1. The van der Waals surface area contributed by atoms with Crippen LogP contribution in [0.1, 0.15) is 65.7 Å². The van der Waals surface area contributed by atoms with Crippen LogP contribution < -0.4 is 5.73 Å². The number of hydrogen-bond acceptors (Lipinski definition) is 2. The average Bonchev–Trinajstić information content (AvgIpc) is 2.33. The highest BCUT2D eigenvalue weighted by Gasteiger charge is 2.53. The summed E-state index contributed by atoms with van der Waals surface area (Å²) in [6, 6.07) is 0.269. The Morgan fingerprint density at radius 1 is 1.00 bits per heavy atom. The Kier molecular flexibility index (Phi) is 4.16. The minimum absolute atomic E-state index is 0.269. The molecule has 2 nitrogen and oxygen atoms in total. The van der Waals surface area contributed by atoms with Gasteiger partial charge in [-0.25, -0.2) is 0 Å². The summed E-state index contributed by atoms with van der Waals surface area (Å²) >= 11 is 0. The van der Waals surface area contributed by atoms with Crippen molar-refractivity contribution in [3.05, 3.63) is 0 Å². The molecule has 0 spiro atoms. The lowest BCUT2D eigenvalue weighted by molar-refractivity contribution is -0.0871. The minimum atomic E-state index is 0.269. The van der Waals surface area contributed by atoms with E-state index in [4.69, 9.17) is 10.5 Å². The normalized spacial score (nSPS) is 42.1. The summed E-state index contributed by atoms with van der Waals surface area (Å²) in [7, 11) is 0. The van der Waals surface area contributed by atoms with E-state index in [1.165, 1.54) is 38.5 Å². The molecule has 4 saturated carbocycles. The van der Waals surface area contributed by atoms with Crippen molar-refractivity contribution in [2.24, 2.45) is 34.8 Å². The second kappa shape index (κ2) is 5.61. The monoisotopic (exact) mass is 279 g/mol. The Morgan fingerprint density at radius 2 is 1.50 bits per heavy atom. The summed E-state index contributed by atoms with van der Waals surface area (Å²) < 4.78 is 6.08. The maximum atomic E-state index is 6.63. The summed E-state index contributed by atoms with van der Waals surface area (Å²) in [6.07, 6.45) is 10.2. The van der Waals surface area contributed by atoms with Gasteiger partial charge in [0.25, 0.3) is 0 Å². The topological polar surface area (TPSA) is 35.2 Å². The van der Waals surface area contributed by atoms with E-state index in [-0.39, 0.29) is 6.04 Å². The van der Waals surface area contributed by atoms with Crippen molar-refractivity contribution < 1.29 is 4.74 Å². The van der Waals surface area contributed by atoms with Crippen molar-refractivity contribution >= 4 is 0 Å². The maximum absolute atomic E-state index is 6.63. The Balaban J connectivity index is 1.55. The fourth-order valence-corrected chi connectivity index (χ4v) is 5.81. The van der Waals surface area contributed by atoms with Gasteiger partial charge >= 0.3 is 0 Å². The Labute approximate surface area is 124 Å². The van der Waals surface area contributed by atoms with Crippen molar-refractivity contribution in [3.63, 3.8) is 0 Å². The van der Waals surface area contributed by atoms with Crippen LogP contribution in [-0.4, -0.2) is 18.8 Å². The first-order valence-corrected chi connectivity index (χ1v) is 8.84. The first kappa shape index (κ1) is 14.8. The molecular formula is C18H33NO. The summed E-state index contributed by atoms with van der Waals surface area (Å²) in [5.74, 6) is 3.67. The van der Waals surface area contributed by atoms with Crippen LogP contribution in [0.15, 0.2) is 0 Å². The van der Waals surface area contributed by atoms with Gasteiger partial charge in [0.05, 0.1) is 12.7 Å². The van der Waals surface area contributed by atoms with Gasteiger partial charge in [-0.15, -0.1) is 0 Å². The first-order valence-electron chi connectivity index (χ1n) is 8.84. The molecule has 0 aromatic heterocycles. The third-order valence-corrected chi connectivity index (χ3v) is 6.24. The van der Waals surface area contributed by atoms with E-state index < -0.39 is 0 Å². The lowest BCUT2D eigenvalue weighted by atomic mass is 9.48. The Bertz CT molecular complexity index is 303. The molecule has 2 atom stereocenters. The van der Waals surface area contributed by atoms with Gasteiger partial charge in [-0.2, -0.15) is 0 Å². The van der Waals surface area contributed by atoms with Gasteiger partial charge in [0, 0.05) is 6.04 Å². The first-order chi connectivity index (χ1) is 9.47. The van der Waals surface area contributed by atoms with Crippen molar-refractivity contribution in [3.8, 4) is 0 Å². The second-order valence-electron chi connectivity index (χ2n) is 8.66. The molecular weight excluding hydrogens is 246 g/mol. The highest BCUT2D eigenvalue weighted by atomic mass is 16.5. The molecule has 4 aliphatic rings. The lowest BCUT2D eigenvalue weighted by Gasteiger charge is -2.58. The van der Waals surface area contributed by atoms with Crippen molar-refractivity contribution in [1.82, 2.24) is 0 Å². The van der Waals surface area contributed by atoms with Crippen LogP contribution in [-0.2, 0) is 4.74 Å². The summed E-state index contributed by atoms with van der Waals surface area (Å²) in [5, 5.41) is 0. The molecule has 20 heavy (non-hydrogen) atoms. The molecule has 4 bridgehead atoms. The molecule has 0 aliphatic heterocycles. The second-order valence-corrected chi connectivity index (χ2v) is 8.66. The van der Waals surface area contributed by atoms with Gasteiger partial charge in [0.2, 0.25) is 0 Å². The Hall–Kier alpha value is -0.0800. The highest BCUT2D eigenvalue weighted by Crippen LogP contribution is 2.60. The molecule has 0 aromatic rings. The van der Waals surface area contributed by atoms with Crippen LogP contribution in [0, 0.1) is 29.1 Å². The zero-order valence-corrected chi connectivity index (χ0v) is 13.6. The van der Waals surface area contributed by atoms with Crippen molar-refractivity contribution in [1.29, 1.82) is 0 Å². The van der Waals surface area contributed by atoms with Gasteiger partial charge in [-0.1, -0.05) is 13.8 Å². The summed E-state index contributed by atoms with van der Waals surface area (Å²) in [6.45, 7) is 7.50. The van der Waals surface area contributed by atoms with E-state index in [1.54, 1.807) is 0 Å². The van der Waals surface area contributed by atoms with E-state index in [2.05, 4.69) is 20.8 Å². The van der Waals surface area contributed by atoms with E-state index in [1.807, 2.05) is 0 Å². The fraction of sp³-hybridized carbons (Fsp3) is 1.00. The molecule has 116 valence electrons. The fourth-order valence-electron chi connectivity index (χ4n) is 5.81. The summed E-state index contributed by atoms with van der Waals surface area (Å²) in [5.41, 5.74) is 7.06. The minimum Gasteiger partial charge on any atom is -0.377 e. The molecule has 0 heterocycles. The third-order valence-electron chi connectivity index (χ3n) is 6.24. The number of nitrogens with two attached hydrogens (primary N) is 1. The zero-order valence-electron chi connectivity index (χ0n) is 13.6. The van der Waals surface area contributed by atoms with Crippen molar-refractivity contribution in [2.75, 3.05) is 6.61 Å². The molecule has 4 rings (SSSR count). The van der Waals surface area contributed by atoms with E-state index in [0.29, 0.717) is 17.4 Å². The van der Waals surface area contributed by atoms with Crippen LogP contribution in [0.5, 0.6) is 0 Å². The van der Waals surface area contributed by atoms with Gasteiger partial charge in [-0.3, -0.25) is 0 Å². The number of ether oxygens (including phenoxy) is 1. The van der Waals surface area contributed by atoms with E-state index >= 15 is 0 Å². The number of rotatable bonds is 6. The average molecular weight is 279 g/mol. The molecule has 4 fully saturated rings. The highest BCUT2D eigenvalue weighted by molar-refractivity contribution is 5.05. The molecule has 0 amide bonds.